The van der Waals surface area contributed by atoms with Crippen molar-refractivity contribution in [2.75, 3.05) is 30.4 Å². The summed E-state index contributed by atoms with van der Waals surface area (Å²) in [6.45, 7) is 2.17. The molecule has 0 unspecified atom stereocenters. The van der Waals surface area contributed by atoms with E-state index in [0.717, 1.165) is 18.8 Å². The number of nitrogens with one attached hydrogen (secondary N) is 2. The first kappa shape index (κ1) is 17.2. The van der Waals surface area contributed by atoms with Crippen molar-refractivity contribution in [2.24, 2.45) is 0 Å². The Bertz CT molecular complexity index is 756. The van der Waals surface area contributed by atoms with E-state index in [1.165, 1.54) is 18.5 Å². The molecule has 1 saturated heterocycles. The minimum Gasteiger partial charge on any atom is -0.497 e. The predicted molar refractivity (Wildman–Crippen MR) is 105 cm³/mol. The molecule has 0 radical (unpaired) electrons. The molecule has 6 heteroatoms. The van der Waals surface area contributed by atoms with Gasteiger partial charge in [-0.1, -0.05) is 6.07 Å². The zero-order chi connectivity index (χ0) is 17.6. The molecule has 3 rings (SSSR count). The standard InChI is InChI=1S/C19H21N3O2S/c1-24-17-9-7-14(8-10-17)18(23)21-19(25)20-15-5-4-6-16(13-15)22-11-2-3-12-22/h4-10,13H,2-3,11-12H2,1H3,(H2,20,21,23,25). The second kappa shape index (κ2) is 7.98. The van der Waals surface area contributed by atoms with Crippen LogP contribution in [0.15, 0.2) is 48.5 Å². The summed E-state index contributed by atoms with van der Waals surface area (Å²) in [5.41, 5.74) is 2.56. The Hall–Kier alpha value is -2.60. The van der Waals surface area contributed by atoms with Gasteiger partial charge in [0.1, 0.15) is 5.75 Å². The molecule has 2 aromatic rings. The third-order valence-electron chi connectivity index (χ3n) is 4.15. The number of thiocarbonyl (C=S) groups is 1. The van der Waals surface area contributed by atoms with Crippen LogP contribution in [0.5, 0.6) is 5.75 Å². The average molecular weight is 355 g/mol. The lowest BCUT2D eigenvalue weighted by Crippen LogP contribution is -2.34. The van der Waals surface area contributed by atoms with E-state index in [1.807, 2.05) is 12.1 Å². The van der Waals surface area contributed by atoms with Crippen molar-refractivity contribution in [3.8, 4) is 5.75 Å². The minimum atomic E-state index is -0.254. The molecule has 0 atom stereocenters. The number of benzene rings is 2. The molecular weight excluding hydrogens is 334 g/mol. The molecule has 1 aliphatic rings. The lowest BCUT2D eigenvalue weighted by molar-refractivity contribution is 0.0977. The van der Waals surface area contributed by atoms with E-state index in [2.05, 4.69) is 27.7 Å². The maximum atomic E-state index is 12.2. The third kappa shape index (κ3) is 4.48. The van der Waals surface area contributed by atoms with Gasteiger partial charge < -0.3 is 15.0 Å². The molecule has 1 aliphatic heterocycles. The number of nitrogens with zero attached hydrogens (tertiary/aromatic N) is 1. The van der Waals surface area contributed by atoms with E-state index in [4.69, 9.17) is 17.0 Å². The fraction of sp³-hybridized carbons (Fsp3) is 0.263. The molecule has 0 aromatic heterocycles. The van der Waals surface area contributed by atoms with Gasteiger partial charge in [0.25, 0.3) is 5.91 Å². The summed E-state index contributed by atoms with van der Waals surface area (Å²) in [5.74, 6) is 0.451. The Kier molecular flexibility index (Phi) is 5.50. The topological polar surface area (TPSA) is 53.6 Å². The van der Waals surface area contributed by atoms with Crippen LogP contribution in [0.1, 0.15) is 23.2 Å². The molecule has 0 spiro atoms. The first-order valence-corrected chi connectivity index (χ1v) is 8.68. The molecule has 0 aliphatic carbocycles. The van der Waals surface area contributed by atoms with Crippen LogP contribution < -0.4 is 20.3 Å². The quantitative estimate of drug-likeness (QED) is 0.823. The lowest BCUT2D eigenvalue weighted by Gasteiger charge is -2.19. The number of ether oxygens (including phenoxy) is 1. The molecule has 5 nitrogen and oxygen atoms in total. The number of amides is 1. The summed E-state index contributed by atoms with van der Waals surface area (Å²) in [6.07, 6.45) is 2.46. The first-order valence-electron chi connectivity index (χ1n) is 8.27. The second-order valence-electron chi connectivity index (χ2n) is 5.88. The first-order chi connectivity index (χ1) is 12.2. The normalized spacial score (nSPS) is 13.4. The number of anilines is 2. The summed E-state index contributed by atoms with van der Waals surface area (Å²) < 4.78 is 5.09. The Balaban J connectivity index is 1.60. The van der Waals surface area contributed by atoms with Crippen LogP contribution in [0.3, 0.4) is 0 Å². The number of hydrogen-bond acceptors (Lipinski definition) is 4. The van der Waals surface area contributed by atoms with Gasteiger partial charge in [-0.15, -0.1) is 0 Å². The van der Waals surface area contributed by atoms with Crippen LogP contribution in [-0.2, 0) is 0 Å². The molecular formula is C19H21N3O2S. The summed E-state index contributed by atoms with van der Waals surface area (Å²) in [7, 11) is 1.59. The van der Waals surface area contributed by atoms with Crippen molar-refractivity contribution in [3.63, 3.8) is 0 Å². The number of rotatable bonds is 4. The highest BCUT2D eigenvalue weighted by atomic mass is 32.1. The van der Waals surface area contributed by atoms with Gasteiger partial charge in [0.05, 0.1) is 7.11 Å². The fourth-order valence-corrected chi connectivity index (χ4v) is 3.05. The van der Waals surface area contributed by atoms with Crippen molar-refractivity contribution in [3.05, 3.63) is 54.1 Å². The smallest absolute Gasteiger partial charge is 0.257 e. The number of hydrogen-bond donors (Lipinski definition) is 2. The maximum Gasteiger partial charge on any atom is 0.257 e. The molecule has 1 amide bonds. The van der Waals surface area contributed by atoms with Crippen molar-refractivity contribution in [1.29, 1.82) is 0 Å². The van der Waals surface area contributed by atoms with Crippen molar-refractivity contribution >= 4 is 34.6 Å². The van der Waals surface area contributed by atoms with Gasteiger partial charge in [-0.05, 0) is 67.5 Å². The maximum absolute atomic E-state index is 12.2. The van der Waals surface area contributed by atoms with E-state index in [-0.39, 0.29) is 11.0 Å². The van der Waals surface area contributed by atoms with E-state index in [9.17, 15) is 4.79 Å². The zero-order valence-corrected chi connectivity index (χ0v) is 14.9. The molecule has 2 aromatic carbocycles. The van der Waals surface area contributed by atoms with Crippen LogP contribution >= 0.6 is 12.2 Å². The van der Waals surface area contributed by atoms with Gasteiger partial charge in [0.2, 0.25) is 0 Å². The van der Waals surface area contributed by atoms with Gasteiger partial charge >= 0.3 is 0 Å². The second-order valence-corrected chi connectivity index (χ2v) is 6.29. The fourth-order valence-electron chi connectivity index (χ4n) is 2.84. The highest BCUT2D eigenvalue weighted by Crippen LogP contribution is 2.23. The molecule has 1 heterocycles. The highest BCUT2D eigenvalue weighted by molar-refractivity contribution is 7.80. The van der Waals surface area contributed by atoms with Gasteiger partial charge in [0, 0.05) is 30.0 Å². The van der Waals surface area contributed by atoms with E-state index in [0.29, 0.717) is 11.3 Å². The summed E-state index contributed by atoms with van der Waals surface area (Å²) in [5, 5.41) is 6.05. The van der Waals surface area contributed by atoms with Crippen molar-refractivity contribution < 1.29 is 9.53 Å². The van der Waals surface area contributed by atoms with E-state index >= 15 is 0 Å². The molecule has 25 heavy (non-hydrogen) atoms. The highest BCUT2D eigenvalue weighted by Gasteiger charge is 2.13. The Morgan fingerprint density at radius 2 is 1.84 bits per heavy atom. The van der Waals surface area contributed by atoms with Gasteiger partial charge in [-0.25, -0.2) is 0 Å². The zero-order valence-electron chi connectivity index (χ0n) is 14.1. The van der Waals surface area contributed by atoms with Crippen LogP contribution in [0.2, 0.25) is 0 Å². The Morgan fingerprint density at radius 3 is 2.52 bits per heavy atom. The summed E-state index contributed by atoms with van der Waals surface area (Å²) in [6, 6.07) is 15.0. The molecule has 130 valence electrons. The van der Waals surface area contributed by atoms with Crippen LogP contribution in [0.25, 0.3) is 0 Å². The summed E-state index contributed by atoms with van der Waals surface area (Å²) in [4.78, 5) is 14.6. The third-order valence-corrected chi connectivity index (χ3v) is 4.36. The van der Waals surface area contributed by atoms with Crippen LogP contribution in [0.4, 0.5) is 11.4 Å². The SMILES string of the molecule is COc1ccc(C(=O)NC(=S)Nc2cccc(N3CCCC3)c2)cc1. The van der Waals surface area contributed by atoms with Crippen molar-refractivity contribution in [2.45, 2.75) is 12.8 Å². The Labute approximate surface area is 153 Å². The van der Waals surface area contributed by atoms with Gasteiger partial charge in [-0.2, -0.15) is 0 Å². The molecule has 1 fully saturated rings. The van der Waals surface area contributed by atoms with Gasteiger partial charge in [-0.3, -0.25) is 10.1 Å². The van der Waals surface area contributed by atoms with Gasteiger partial charge in [0.15, 0.2) is 5.11 Å². The monoisotopic (exact) mass is 355 g/mol. The number of carbonyl (C=O) groups excluding carboxylic acids is 1. The predicted octanol–water partition coefficient (Wildman–Crippen LogP) is 3.42. The number of carbonyl (C=O) groups is 1. The molecule has 2 N–H and O–H groups in total. The average Bonchev–Trinajstić information content (AvgIpc) is 3.16. The lowest BCUT2D eigenvalue weighted by atomic mass is 10.2. The minimum absolute atomic E-state index is 0.254. The van der Waals surface area contributed by atoms with E-state index in [1.54, 1.807) is 31.4 Å². The molecule has 0 saturated carbocycles. The van der Waals surface area contributed by atoms with Crippen LogP contribution in [0, 0.1) is 0 Å². The largest absolute Gasteiger partial charge is 0.497 e. The van der Waals surface area contributed by atoms with E-state index < -0.39 is 0 Å². The summed E-state index contributed by atoms with van der Waals surface area (Å²) >= 11 is 5.26. The van der Waals surface area contributed by atoms with Crippen molar-refractivity contribution in [1.82, 2.24) is 5.32 Å². The number of methoxy groups -OCH3 is 1. The molecule has 0 bridgehead atoms. The Morgan fingerprint density at radius 1 is 1.12 bits per heavy atom. The van der Waals surface area contributed by atoms with Crippen LogP contribution in [-0.4, -0.2) is 31.2 Å².